The number of ether oxygens (including phenoxy) is 1. The predicted molar refractivity (Wildman–Crippen MR) is 101 cm³/mol. The van der Waals surface area contributed by atoms with E-state index in [4.69, 9.17) is 9.15 Å². The molecule has 0 fully saturated rings. The quantitative estimate of drug-likeness (QED) is 0.487. The summed E-state index contributed by atoms with van der Waals surface area (Å²) in [5, 5.41) is 10.9. The number of hydrogen-bond donors (Lipinski definition) is 1. The minimum Gasteiger partial charge on any atom is -0.438 e. The first-order valence-electron chi connectivity index (χ1n) is 8.69. The summed E-state index contributed by atoms with van der Waals surface area (Å²) in [6.07, 6.45) is 0.776. The first-order chi connectivity index (χ1) is 13.1. The number of aliphatic hydroxyl groups is 1. The van der Waals surface area contributed by atoms with Gasteiger partial charge in [0, 0.05) is 34.9 Å². The van der Waals surface area contributed by atoms with E-state index < -0.39 is 6.29 Å². The van der Waals surface area contributed by atoms with Crippen LogP contribution in [0.5, 0.6) is 0 Å². The Bertz CT molecular complexity index is 1070. The van der Waals surface area contributed by atoms with Gasteiger partial charge in [-0.15, -0.1) is 0 Å². The zero-order chi connectivity index (χ0) is 18.8. The van der Waals surface area contributed by atoms with E-state index in [0.717, 1.165) is 22.1 Å². The molecule has 4 rings (SSSR count). The van der Waals surface area contributed by atoms with Crippen molar-refractivity contribution in [2.24, 2.45) is 0 Å². The second-order valence-electron chi connectivity index (χ2n) is 6.17. The van der Waals surface area contributed by atoms with Crippen LogP contribution in [0, 0.1) is 5.82 Å². The van der Waals surface area contributed by atoms with Crippen molar-refractivity contribution >= 4 is 11.1 Å². The van der Waals surface area contributed by atoms with Crippen LogP contribution >= 0.6 is 0 Å². The summed E-state index contributed by atoms with van der Waals surface area (Å²) in [6.45, 7) is 2.27. The van der Waals surface area contributed by atoms with Gasteiger partial charge in [-0.25, -0.2) is 9.37 Å². The summed E-state index contributed by atoms with van der Waals surface area (Å²) < 4.78 is 24.1. The van der Waals surface area contributed by atoms with E-state index in [1.54, 1.807) is 18.3 Å². The molecule has 1 unspecified atom stereocenters. The lowest BCUT2D eigenvalue weighted by atomic mass is 10.0. The number of halogens is 1. The van der Waals surface area contributed by atoms with Crippen molar-refractivity contribution in [2.45, 2.75) is 13.2 Å². The third-order valence-electron chi connectivity index (χ3n) is 4.33. The Morgan fingerprint density at radius 2 is 1.85 bits per heavy atom. The van der Waals surface area contributed by atoms with Gasteiger partial charge < -0.3 is 14.3 Å². The average Bonchev–Trinajstić information content (AvgIpc) is 3.12. The maximum absolute atomic E-state index is 13.1. The molecule has 0 amide bonds. The van der Waals surface area contributed by atoms with Crippen molar-refractivity contribution in [3.05, 3.63) is 78.2 Å². The van der Waals surface area contributed by atoms with Gasteiger partial charge in [-0.05, 0) is 55.0 Å². The van der Waals surface area contributed by atoms with Crippen LogP contribution in [0.15, 0.2) is 71.3 Å². The summed E-state index contributed by atoms with van der Waals surface area (Å²) in [4.78, 5) is 4.40. The first kappa shape index (κ1) is 17.4. The Labute approximate surface area is 155 Å². The van der Waals surface area contributed by atoms with Crippen molar-refractivity contribution in [1.29, 1.82) is 0 Å². The van der Waals surface area contributed by atoms with Crippen LogP contribution in [0.3, 0.4) is 0 Å². The molecule has 2 heterocycles. The molecule has 0 bridgehead atoms. The second kappa shape index (κ2) is 7.31. The summed E-state index contributed by atoms with van der Waals surface area (Å²) >= 11 is 0. The fourth-order valence-corrected chi connectivity index (χ4v) is 2.97. The maximum atomic E-state index is 13.1. The number of furan rings is 1. The number of pyridine rings is 1. The Morgan fingerprint density at radius 3 is 2.63 bits per heavy atom. The Kier molecular flexibility index (Phi) is 4.71. The third-order valence-corrected chi connectivity index (χ3v) is 4.33. The minimum absolute atomic E-state index is 0.288. The second-order valence-corrected chi connectivity index (χ2v) is 6.17. The van der Waals surface area contributed by atoms with E-state index in [2.05, 4.69) is 4.98 Å². The molecule has 0 saturated heterocycles. The molecule has 4 aromatic rings. The van der Waals surface area contributed by atoms with Gasteiger partial charge in [0.1, 0.15) is 11.6 Å². The Balaban J connectivity index is 1.69. The first-order valence-corrected chi connectivity index (χ1v) is 8.69. The highest BCUT2D eigenvalue weighted by atomic mass is 19.1. The highest BCUT2D eigenvalue weighted by Crippen LogP contribution is 2.30. The lowest BCUT2D eigenvalue weighted by Gasteiger charge is -2.12. The highest BCUT2D eigenvalue weighted by molar-refractivity contribution is 5.84. The topological polar surface area (TPSA) is 55.5 Å². The van der Waals surface area contributed by atoms with E-state index in [0.29, 0.717) is 23.6 Å². The number of aliphatic hydroxyl groups excluding tert-OH is 1. The zero-order valence-corrected chi connectivity index (χ0v) is 14.7. The molecule has 2 aromatic heterocycles. The SMILES string of the molecule is CCOC(O)c1cccc(-c2cnc3oc(-c4ccc(F)cc4)cc3c2)c1. The Morgan fingerprint density at radius 1 is 1.04 bits per heavy atom. The van der Waals surface area contributed by atoms with E-state index in [-0.39, 0.29) is 5.82 Å². The largest absolute Gasteiger partial charge is 0.438 e. The molecule has 4 nitrogen and oxygen atoms in total. The standard InChI is InChI=1S/C22H18FNO3/c1-2-26-22(25)16-5-3-4-15(10-16)18-11-17-12-20(27-21(17)24-13-18)14-6-8-19(23)9-7-14/h3-13,22,25H,2H2,1H3. The van der Waals surface area contributed by atoms with Crippen molar-refractivity contribution in [3.63, 3.8) is 0 Å². The van der Waals surface area contributed by atoms with Gasteiger partial charge in [0.2, 0.25) is 5.71 Å². The lowest BCUT2D eigenvalue weighted by Crippen LogP contribution is -2.02. The van der Waals surface area contributed by atoms with E-state index >= 15 is 0 Å². The van der Waals surface area contributed by atoms with Gasteiger partial charge in [-0.3, -0.25) is 0 Å². The molecule has 0 radical (unpaired) electrons. The number of aromatic nitrogens is 1. The van der Waals surface area contributed by atoms with Gasteiger partial charge in [0.15, 0.2) is 6.29 Å². The highest BCUT2D eigenvalue weighted by Gasteiger charge is 2.11. The van der Waals surface area contributed by atoms with Crippen LogP contribution in [0.2, 0.25) is 0 Å². The molecule has 0 spiro atoms. The number of hydrogen-bond acceptors (Lipinski definition) is 4. The van der Waals surface area contributed by atoms with Crippen LogP contribution in [-0.2, 0) is 4.74 Å². The Hall–Kier alpha value is -3.02. The summed E-state index contributed by atoms with van der Waals surface area (Å²) in [7, 11) is 0. The van der Waals surface area contributed by atoms with Crippen molar-refractivity contribution in [2.75, 3.05) is 6.61 Å². The number of rotatable bonds is 5. The molecule has 1 N–H and O–H groups in total. The summed E-state index contributed by atoms with van der Waals surface area (Å²) in [6, 6.07) is 17.5. The molecule has 1 atom stereocenters. The van der Waals surface area contributed by atoms with E-state index in [1.165, 1.54) is 12.1 Å². The number of fused-ring (bicyclic) bond motifs is 1. The van der Waals surface area contributed by atoms with Crippen LogP contribution in [0.25, 0.3) is 33.6 Å². The maximum Gasteiger partial charge on any atom is 0.226 e. The zero-order valence-electron chi connectivity index (χ0n) is 14.7. The third kappa shape index (κ3) is 3.60. The minimum atomic E-state index is -0.953. The summed E-state index contributed by atoms with van der Waals surface area (Å²) in [5.41, 5.74) is 3.82. The van der Waals surface area contributed by atoms with Crippen molar-refractivity contribution < 1.29 is 18.7 Å². The molecule has 5 heteroatoms. The molecule has 136 valence electrons. The van der Waals surface area contributed by atoms with Gasteiger partial charge in [-0.1, -0.05) is 18.2 Å². The molecule has 0 saturated carbocycles. The van der Waals surface area contributed by atoms with E-state index in [1.807, 2.05) is 43.3 Å². The normalized spacial score (nSPS) is 12.4. The molecule has 2 aromatic carbocycles. The van der Waals surface area contributed by atoms with E-state index in [9.17, 15) is 9.50 Å². The predicted octanol–water partition coefficient (Wildman–Crippen LogP) is 5.33. The molecule has 0 aliphatic carbocycles. The van der Waals surface area contributed by atoms with Crippen molar-refractivity contribution in [1.82, 2.24) is 4.98 Å². The van der Waals surface area contributed by atoms with Crippen molar-refractivity contribution in [3.8, 4) is 22.5 Å². The number of nitrogens with zero attached hydrogens (tertiary/aromatic N) is 1. The van der Waals surface area contributed by atoms with Gasteiger partial charge in [0.05, 0.1) is 0 Å². The monoisotopic (exact) mass is 363 g/mol. The summed E-state index contributed by atoms with van der Waals surface area (Å²) in [5.74, 6) is 0.347. The van der Waals surface area contributed by atoms with Crippen LogP contribution in [-0.4, -0.2) is 16.7 Å². The molecular weight excluding hydrogens is 345 g/mol. The lowest BCUT2D eigenvalue weighted by molar-refractivity contribution is -0.0979. The van der Waals surface area contributed by atoms with Gasteiger partial charge in [0.25, 0.3) is 0 Å². The smallest absolute Gasteiger partial charge is 0.226 e. The molecule has 27 heavy (non-hydrogen) atoms. The fraction of sp³-hybridized carbons (Fsp3) is 0.136. The fourth-order valence-electron chi connectivity index (χ4n) is 2.97. The van der Waals surface area contributed by atoms with Crippen LogP contribution in [0.4, 0.5) is 4.39 Å². The molecule has 0 aliphatic heterocycles. The van der Waals surface area contributed by atoms with Crippen LogP contribution in [0.1, 0.15) is 18.8 Å². The average molecular weight is 363 g/mol. The van der Waals surface area contributed by atoms with Crippen LogP contribution < -0.4 is 0 Å². The van der Waals surface area contributed by atoms with Gasteiger partial charge >= 0.3 is 0 Å². The molecular formula is C22H18FNO3. The molecule has 0 aliphatic rings. The van der Waals surface area contributed by atoms with Gasteiger partial charge in [-0.2, -0.15) is 0 Å². The number of benzene rings is 2.